The summed E-state index contributed by atoms with van der Waals surface area (Å²) in [6, 6.07) is 13.4. The first-order chi connectivity index (χ1) is 12.7. The first-order valence-electron chi connectivity index (χ1n) is 7.89. The maximum Gasteiger partial charge on any atom is 0.132 e. The molecule has 3 aromatic heterocycles. The standard InChI is InChI=1S/C19H15ClN2O2S2/c20-17-5-4-15(26-17)10-24-14-3-1-2-13(8-14)23-9-12-11-25-16-6-7-22-19(21)18(12)16/h1-8,11H,9-10H2,(H2,21,22). The number of nitrogens with zero attached hydrogens (tertiary/aromatic N) is 1. The minimum atomic E-state index is 0.430. The third kappa shape index (κ3) is 3.77. The zero-order chi connectivity index (χ0) is 17.9. The molecule has 0 spiro atoms. The van der Waals surface area contributed by atoms with Gasteiger partial charge in [-0.3, -0.25) is 0 Å². The van der Waals surface area contributed by atoms with Crippen LogP contribution in [0.1, 0.15) is 10.4 Å². The average molecular weight is 403 g/mol. The Morgan fingerprint density at radius 3 is 2.62 bits per heavy atom. The van der Waals surface area contributed by atoms with Gasteiger partial charge in [0.25, 0.3) is 0 Å². The number of hydrogen-bond donors (Lipinski definition) is 1. The van der Waals surface area contributed by atoms with Crippen molar-refractivity contribution in [2.24, 2.45) is 0 Å². The van der Waals surface area contributed by atoms with Crippen molar-refractivity contribution in [3.63, 3.8) is 0 Å². The molecule has 3 heterocycles. The van der Waals surface area contributed by atoms with Gasteiger partial charge in [-0.05, 0) is 35.7 Å². The van der Waals surface area contributed by atoms with E-state index < -0.39 is 0 Å². The van der Waals surface area contributed by atoms with Crippen LogP contribution in [0.2, 0.25) is 4.34 Å². The van der Waals surface area contributed by atoms with Crippen molar-refractivity contribution in [2.75, 3.05) is 5.73 Å². The van der Waals surface area contributed by atoms with Gasteiger partial charge in [0.05, 0.1) is 4.34 Å². The second-order valence-corrected chi connectivity index (χ2v) is 8.30. The number of fused-ring (bicyclic) bond motifs is 1. The number of nitrogens with two attached hydrogens (primary N) is 1. The molecule has 0 bridgehead atoms. The van der Waals surface area contributed by atoms with Crippen LogP contribution in [-0.4, -0.2) is 4.98 Å². The molecule has 0 unspecified atom stereocenters. The molecule has 4 rings (SSSR count). The summed E-state index contributed by atoms with van der Waals surface area (Å²) in [5.41, 5.74) is 7.04. The molecule has 0 atom stereocenters. The lowest BCUT2D eigenvalue weighted by Gasteiger charge is -2.09. The largest absolute Gasteiger partial charge is 0.489 e. The van der Waals surface area contributed by atoms with Crippen LogP contribution in [0.3, 0.4) is 0 Å². The molecule has 132 valence electrons. The molecule has 0 aliphatic carbocycles. The van der Waals surface area contributed by atoms with E-state index in [1.807, 2.05) is 42.5 Å². The molecule has 0 fully saturated rings. The average Bonchev–Trinajstić information content (AvgIpc) is 3.25. The maximum atomic E-state index is 6.00. The Morgan fingerprint density at radius 2 is 1.85 bits per heavy atom. The molecule has 0 saturated heterocycles. The number of nitrogen functional groups attached to an aromatic ring is 1. The van der Waals surface area contributed by atoms with Gasteiger partial charge < -0.3 is 15.2 Å². The molecule has 26 heavy (non-hydrogen) atoms. The van der Waals surface area contributed by atoms with Gasteiger partial charge in [0, 0.05) is 32.8 Å². The maximum absolute atomic E-state index is 6.00. The van der Waals surface area contributed by atoms with Gasteiger partial charge in [-0.25, -0.2) is 4.98 Å². The molecule has 0 saturated carbocycles. The normalized spacial score (nSPS) is 11.0. The number of rotatable bonds is 6. The van der Waals surface area contributed by atoms with Gasteiger partial charge in [0.1, 0.15) is 30.5 Å². The van der Waals surface area contributed by atoms with Crippen molar-refractivity contribution in [1.29, 1.82) is 0 Å². The Balaban J connectivity index is 1.43. The molecule has 1 aromatic carbocycles. The van der Waals surface area contributed by atoms with E-state index in [0.29, 0.717) is 19.0 Å². The fraction of sp³-hybridized carbons (Fsp3) is 0.105. The summed E-state index contributed by atoms with van der Waals surface area (Å²) >= 11 is 9.09. The Labute approximate surface area is 163 Å². The van der Waals surface area contributed by atoms with Crippen LogP contribution in [0.4, 0.5) is 5.82 Å². The monoisotopic (exact) mass is 402 g/mol. The lowest BCUT2D eigenvalue weighted by molar-refractivity contribution is 0.292. The fourth-order valence-corrected chi connectivity index (χ4v) is 4.53. The van der Waals surface area contributed by atoms with Crippen molar-refractivity contribution < 1.29 is 9.47 Å². The summed E-state index contributed by atoms with van der Waals surface area (Å²) in [7, 11) is 0. The topological polar surface area (TPSA) is 57.4 Å². The summed E-state index contributed by atoms with van der Waals surface area (Å²) < 4.78 is 13.6. The van der Waals surface area contributed by atoms with Gasteiger partial charge in [-0.1, -0.05) is 17.7 Å². The molecular weight excluding hydrogens is 388 g/mol. The number of pyridine rings is 1. The summed E-state index contributed by atoms with van der Waals surface area (Å²) in [5, 5.41) is 3.03. The summed E-state index contributed by atoms with van der Waals surface area (Å²) in [4.78, 5) is 5.24. The van der Waals surface area contributed by atoms with E-state index in [1.165, 1.54) is 11.3 Å². The van der Waals surface area contributed by atoms with Gasteiger partial charge in [0.2, 0.25) is 0 Å². The molecule has 0 radical (unpaired) electrons. The predicted octanol–water partition coefficient (Wildman–Crippen LogP) is 5.75. The van der Waals surface area contributed by atoms with Crippen LogP contribution in [-0.2, 0) is 13.2 Å². The lowest BCUT2D eigenvalue weighted by Crippen LogP contribution is -1.98. The molecule has 0 aliphatic rings. The van der Waals surface area contributed by atoms with E-state index >= 15 is 0 Å². The molecule has 2 N–H and O–H groups in total. The van der Waals surface area contributed by atoms with E-state index in [1.54, 1.807) is 17.5 Å². The third-order valence-corrected chi connectivity index (χ3v) is 6.00. The second kappa shape index (κ2) is 7.53. The van der Waals surface area contributed by atoms with Crippen LogP contribution in [0.25, 0.3) is 10.1 Å². The fourth-order valence-electron chi connectivity index (χ4n) is 2.58. The van der Waals surface area contributed by atoms with Crippen molar-refractivity contribution >= 4 is 50.2 Å². The number of anilines is 1. The lowest BCUT2D eigenvalue weighted by atomic mass is 10.2. The summed E-state index contributed by atoms with van der Waals surface area (Å²) in [6.45, 7) is 0.915. The van der Waals surface area contributed by atoms with Crippen molar-refractivity contribution in [1.82, 2.24) is 4.98 Å². The number of aromatic nitrogens is 1. The highest BCUT2D eigenvalue weighted by Gasteiger charge is 2.09. The number of thiophene rings is 2. The van der Waals surface area contributed by atoms with E-state index in [0.717, 1.165) is 36.4 Å². The molecule has 4 aromatic rings. The van der Waals surface area contributed by atoms with Crippen molar-refractivity contribution in [3.8, 4) is 11.5 Å². The highest BCUT2D eigenvalue weighted by Crippen LogP contribution is 2.31. The molecular formula is C19H15ClN2O2S2. The highest BCUT2D eigenvalue weighted by molar-refractivity contribution is 7.17. The molecule has 0 aliphatic heterocycles. The van der Waals surface area contributed by atoms with E-state index in [9.17, 15) is 0 Å². The third-order valence-electron chi connectivity index (χ3n) is 3.80. The SMILES string of the molecule is Nc1nccc2scc(COc3cccc(OCc4ccc(Cl)s4)c3)c12. The number of hydrogen-bond acceptors (Lipinski definition) is 6. The van der Waals surface area contributed by atoms with Gasteiger partial charge in [-0.2, -0.15) is 0 Å². The van der Waals surface area contributed by atoms with E-state index in [-0.39, 0.29) is 0 Å². The minimum absolute atomic E-state index is 0.430. The molecule has 7 heteroatoms. The number of ether oxygens (including phenoxy) is 2. The van der Waals surface area contributed by atoms with E-state index in [4.69, 9.17) is 26.8 Å². The van der Waals surface area contributed by atoms with Gasteiger partial charge in [0.15, 0.2) is 0 Å². The first-order valence-corrected chi connectivity index (χ1v) is 9.97. The smallest absolute Gasteiger partial charge is 0.132 e. The Bertz CT molecular complexity index is 1040. The first kappa shape index (κ1) is 17.1. The van der Waals surface area contributed by atoms with Crippen molar-refractivity contribution in [2.45, 2.75) is 13.2 Å². The Kier molecular flexibility index (Phi) is 4.97. The van der Waals surface area contributed by atoms with E-state index in [2.05, 4.69) is 10.4 Å². The highest BCUT2D eigenvalue weighted by atomic mass is 35.5. The predicted molar refractivity (Wildman–Crippen MR) is 108 cm³/mol. The number of halogens is 1. The molecule has 4 nitrogen and oxygen atoms in total. The minimum Gasteiger partial charge on any atom is -0.489 e. The van der Waals surface area contributed by atoms with Crippen LogP contribution < -0.4 is 15.2 Å². The van der Waals surface area contributed by atoms with Crippen LogP contribution in [0.5, 0.6) is 11.5 Å². The number of benzene rings is 1. The summed E-state index contributed by atoms with van der Waals surface area (Å²) in [5.74, 6) is 2.03. The van der Waals surface area contributed by atoms with Crippen molar-refractivity contribution in [3.05, 3.63) is 68.8 Å². The summed E-state index contributed by atoms with van der Waals surface area (Å²) in [6.07, 6.45) is 1.72. The second-order valence-electron chi connectivity index (χ2n) is 5.59. The quantitative estimate of drug-likeness (QED) is 0.446. The molecule has 0 amide bonds. The Morgan fingerprint density at radius 1 is 1.04 bits per heavy atom. The van der Waals surface area contributed by atoms with Gasteiger partial charge >= 0.3 is 0 Å². The van der Waals surface area contributed by atoms with Crippen LogP contribution >= 0.6 is 34.3 Å². The zero-order valence-electron chi connectivity index (χ0n) is 13.6. The van der Waals surface area contributed by atoms with Gasteiger partial charge in [-0.15, -0.1) is 22.7 Å². The van der Waals surface area contributed by atoms with Crippen LogP contribution in [0.15, 0.2) is 54.0 Å². The Hall–Kier alpha value is -2.28. The zero-order valence-corrected chi connectivity index (χ0v) is 16.0. The van der Waals surface area contributed by atoms with Crippen LogP contribution in [0, 0.1) is 0 Å².